The van der Waals surface area contributed by atoms with Crippen molar-refractivity contribution in [2.24, 2.45) is 0 Å². The SMILES string of the molecule is Cc1noc2nc(-c3ccccc3)cc(C(=O)NCC(=O)NC3CCS(=O)(=O)C3)c12. The van der Waals surface area contributed by atoms with Crippen LogP contribution in [0.3, 0.4) is 0 Å². The molecule has 156 valence electrons. The standard InChI is InChI=1S/C20H20N4O5S/c1-12-18-15(9-16(23-20(18)29-24-12)13-5-3-2-4-6-13)19(26)21-10-17(25)22-14-7-8-30(27,28)11-14/h2-6,9,14H,7-8,10-11H2,1H3,(H,21,26)(H,22,25). The van der Waals surface area contributed by atoms with Gasteiger partial charge in [0, 0.05) is 11.6 Å². The largest absolute Gasteiger partial charge is 0.351 e. The second-order valence-electron chi connectivity index (χ2n) is 7.22. The number of nitrogens with one attached hydrogen (secondary N) is 2. The van der Waals surface area contributed by atoms with Crippen LogP contribution in [0.4, 0.5) is 0 Å². The maximum Gasteiger partial charge on any atom is 0.259 e. The van der Waals surface area contributed by atoms with Crippen LogP contribution in [-0.2, 0) is 14.6 Å². The Bertz CT molecular complexity index is 1220. The fourth-order valence-electron chi connectivity index (χ4n) is 3.47. The van der Waals surface area contributed by atoms with Gasteiger partial charge in [0.25, 0.3) is 11.6 Å². The summed E-state index contributed by atoms with van der Waals surface area (Å²) in [4.78, 5) is 29.4. The van der Waals surface area contributed by atoms with Crippen molar-refractivity contribution in [2.75, 3.05) is 18.1 Å². The third kappa shape index (κ3) is 4.18. The number of carbonyl (C=O) groups excluding carboxylic acids is 2. The van der Waals surface area contributed by atoms with Gasteiger partial charge >= 0.3 is 0 Å². The highest BCUT2D eigenvalue weighted by molar-refractivity contribution is 7.91. The van der Waals surface area contributed by atoms with Gasteiger partial charge in [-0.3, -0.25) is 9.59 Å². The highest BCUT2D eigenvalue weighted by Crippen LogP contribution is 2.26. The van der Waals surface area contributed by atoms with E-state index in [1.165, 1.54) is 0 Å². The predicted octanol–water partition coefficient (Wildman–Crippen LogP) is 1.23. The Kier molecular flexibility index (Phi) is 5.25. The van der Waals surface area contributed by atoms with Crippen molar-refractivity contribution < 1.29 is 22.5 Å². The lowest BCUT2D eigenvalue weighted by molar-refractivity contribution is -0.120. The second kappa shape index (κ2) is 7.86. The van der Waals surface area contributed by atoms with Crippen LogP contribution in [0.5, 0.6) is 0 Å². The van der Waals surface area contributed by atoms with Gasteiger partial charge in [-0.2, -0.15) is 0 Å². The normalized spacial score (nSPS) is 17.7. The van der Waals surface area contributed by atoms with Gasteiger partial charge in [0.05, 0.1) is 40.4 Å². The van der Waals surface area contributed by atoms with Crippen LogP contribution in [0.25, 0.3) is 22.4 Å². The van der Waals surface area contributed by atoms with Crippen molar-refractivity contribution in [2.45, 2.75) is 19.4 Å². The number of aromatic nitrogens is 2. The van der Waals surface area contributed by atoms with E-state index in [0.29, 0.717) is 28.8 Å². The van der Waals surface area contributed by atoms with Gasteiger partial charge in [-0.25, -0.2) is 13.4 Å². The lowest BCUT2D eigenvalue weighted by atomic mass is 10.1. The average Bonchev–Trinajstić information content (AvgIpc) is 3.27. The molecular formula is C20H20N4O5S. The summed E-state index contributed by atoms with van der Waals surface area (Å²) in [7, 11) is -3.10. The summed E-state index contributed by atoms with van der Waals surface area (Å²) in [5.41, 5.74) is 2.41. The number of carbonyl (C=O) groups is 2. The third-order valence-corrected chi connectivity index (χ3v) is 6.71. The zero-order chi connectivity index (χ0) is 21.3. The minimum Gasteiger partial charge on any atom is -0.351 e. The number of hydrogen-bond acceptors (Lipinski definition) is 7. The van der Waals surface area contributed by atoms with Crippen molar-refractivity contribution in [3.05, 3.63) is 47.7 Å². The Morgan fingerprint density at radius 2 is 2.00 bits per heavy atom. The Morgan fingerprint density at radius 1 is 1.23 bits per heavy atom. The molecule has 0 aliphatic carbocycles. The number of pyridine rings is 1. The van der Waals surface area contributed by atoms with Gasteiger partial charge < -0.3 is 15.2 Å². The molecule has 0 radical (unpaired) electrons. The van der Waals surface area contributed by atoms with Crippen LogP contribution in [0.2, 0.25) is 0 Å². The van der Waals surface area contributed by atoms with E-state index in [1.54, 1.807) is 13.0 Å². The van der Waals surface area contributed by atoms with E-state index in [4.69, 9.17) is 4.52 Å². The van der Waals surface area contributed by atoms with Gasteiger partial charge in [-0.15, -0.1) is 0 Å². The van der Waals surface area contributed by atoms with Gasteiger partial charge in [-0.05, 0) is 19.4 Å². The van der Waals surface area contributed by atoms with E-state index in [-0.39, 0.29) is 23.8 Å². The molecule has 0 bridgehead atoms. The number of amides is 2. The monoisotopic (exact) mass is 428 g/mol. The summed E-state index contributed by atoms with van der Waals surface area (Å²) in [5.74, 6) is -0.923. The van der Waals surface area contributed by atoms with Crippen LogP contribution in [0, 0.1) is 6.92 Å². The van der Waals surface area contributed by atoms with E-state index < -0.39 is 27.7 Å². The van der Waals surface area contributed by atoms with Gasteiger partial charge in [-0.1, -0.05) is 35.5 Å². The lowest BCUT2D eigenvalue weighted by Gasteiger charge is -2.12. The molecule has 10 heteroatoms. The second-order valence-corrected chi connectivity index (χ2v) is 9.45. The van der Waals surface area contributed by atoms with E-state index in [1.807, 2.05) is 30.3 Å². The molecule has 9 nitrogen and oxygen atoms in total. The van der Waals surface area contributed by atoms with Crippen molar-refractivity contribution in [3.8, 4) is 11.3 Å². The third-order valence-electron chi connectivity index (χ3n) is 4.94. The maximum atomic E-state index is 12.9. The Labute approximate surface area is 172 Å². The molecule has 2 aromatic heterocycles. The first-order valence-corrected chi connectivity index (χ1v) is 11.2. The molecule has 3 aromatic rings. The molecule has 2 N–H and O–H groups in total. The van der Waals surface area contributed by atoms with E-state index in [9.17, 15) is 18.0 Å². The Morgan fingerprint density at radius 3 is 2.70 bits per heavy atom. The number of rotatable bonds is 5. The van der Waals surface area contributed by atoms with Crippen molar-refractivity contribution in [3.63, 3.8) is 0 Å². The zero-order valence-electron chi connectivity index (χ0n) is 16.2. The number of benzene rings is 1. The topological polar surface area (TPSA) is 131 Å². The van der Waals surface area contributed by atoms with Crippen molar-refractivity contribution >= 4 is 32.8 Å². The van der Waals surface area contributed by atoms with Crippen molar-refractivity contribution in [1.82, 2.24) is 20.8 Å². The molecule has 1 unspecified atom stereocenters. The highest BCUT2D eigenvalue weighted by atomic mass is 32.2. The Balaban J connectivity index is 1.52. The van der Waals surface area contributed by atoms with Gasteiger partial charge in [0.1, 0.15) is 0 Å². The van der Waals surface area contributed by atoms with Gasteiger partial charge in [0.2, 0.25) is 5.91 Å². The Hall–Kier alpha value is -3.27. The smallest absolute Gasteiger partial charge is 0.259 e. The molecule has 0 spiro atoms. The average molecular weight is 428 g/mol. The van der Waals surface area contributed by atoms with Gasteiger partial charge in [0.15, 0.2) is 9.84 Å². The molecule has 1 aromatic carbocycles. The number of sulfone groups is 1. The van der Waals surface area contributed by atoms with E-state index in [0.717, 1.165) is 5.56 Å². The summed E-state index contributed by atoms with van der Waals surface area (Å²) in [5, 5.41) is 9.61. The molecule has 30 heavy (non-hydrogen) atoms. The van der Waals surface area contributed by atoms with E-state index in [2.05, 4.69) is 20.8 Å². The minimum absolute atomic E-state index is 0.0638. The predicted molar refractivity (Wildman–Crippen MR) is 110 cm³/mol. The first-order valence-electron chi connectivity index (χ1n) is 9.43. The summed E-state index contributed by atoms with van der Waals surface area (Å²) in [6.07, 6.45) is 0.382. The summed E-state index contributed by atoms with van der Waals surface area (Å²) >= 11 is 0. The molecule has 1 aliphatic heterocycles. The lowest BCUT2D eigenvalue weighted by Crippen LogP contribution is -2.42. The first kappa shape index (κ1) is 20.0. The molecule has 3 heterocycles. The number of nitrogens with zero attached hydrogens (tertiary/aromatic N) is 2. The molecule has 1 aliphatic rings. The van der Waals surface area contributed by atoms with E-state index >= 15 is 0 Å². The number of fused-ring (bicyclic) bond motifs is 1. The molecule has 1 atom stereocenters. The van der Waals surface area contributed by atoms with Crippen molar-refractivity contribution in [1.29, 1.82) is 0 Å². The van der Waals surface area contributed by atoms with Crippen LogP contribution >= 0.6 is 0 Å². The van der Waals surface area contributed by atoms with Crippen LogP contribution in [0.1, 0.15) is 22.5 Å². The van der Waals surface area contributed by atoms with Crippen LogP contribution in [-0.4, -0.2) is 54.5 Å². The molecule has 0 saturated carbocycles. The molecular weight excluding hydrogens is 408 g/mol. The number of aryl methyl sites for hydroxylation is 1. The molecule has 1 fully saturated rings. The summed E-state index contributed by atoms with van der Waals surface area (Å²) in [6.45, 7) is 1.43. The zero-order valence-corrected chi connectivity index (χ0v) is 17.0. The number of hydrogen-bond donors (Lipinski definition) is 2. The molecule has 1 saturated heterocycles. The highest BCUT2D eigenvalue weighted by Gasteiger charge is 2.29. The minimum atomic E-state index is -3.10. The first-order chi connectivity index (χ1) is 14.3. The fraction of sp³-hybridized carbons (Fsp3) is 0.300. The summed E-state index contributed by atoms with van der Waals surface area (Å²) in [6, 6.07) is 10.5. The molecule has 4 rings (SSSR count). The van der Waals surface area contributed by atoms with Crippen LogP contribution in [0.15, 0.2) is 40.9 Å². The van der Waals surface area contributed by atoms with Crippen LogP contribution < -0.4 is 10.6 Å². The molecule has 2 amide bonds. The fourth-order valence-corrected chi connectivity index (χ4v) is 5.15. The maximum absolute atomic E-state index is 12.9. The quantitative estimate of drug-likeness (QED) is 0.625. The summed E-state index contributed by atoms with van der Waals surface area (Å²) < 4.78 is 28.3.